The second-order valence-electron chi connectivity index (χ2n) is 9.67. The molecule has 1 aromatic carbocycles. The standard InChI is InChI=1S/C28H29F3N4O7/c1-35-23(41-11-9-19-7-5-16-4-3-10-32-25(16)33-19)15-20(34-35)12-18(14-24(36)37)21-13-17(6-8-22(21)40-2)26(38)42-27(39)28(29,30)31/h5-8,13,15,18H,3-4,9-12,14H2,1-2H3,(H,32,33)(H,36,37). The van der Waals surface area contributed by atoms with Gasteiger partial charge in [0.2, 0.25) is 5.88 Å². The number of aryl methyl sites for hydroxylation is 2. The van der Waals surface area contributed by atoms with Crippen LogP contribution in [0.25, 0.3) is 0 Å². The van der Waals surface area contributed by atoms with Gasteiger partial charge < -0.3 is 24.6 Å². The average molecular weight is 591 g/mol. The Morgan fingerprint density at radius 3 is 2.64 bits per heavy atom. The van der Waals surface area contributed by atoms with Gasteiger partial charge in [-0.05, 0) is 54.7 Å². The van der Waals surface area contributed by atoms with Crippen LogP contribution in [0.15, 0.2) is 36.4 Å². The number of carboxylic acids is 1. The van der Waals surface area contributed by atoms with E-state index in [0.717, 1.165) is 43.0 Å². The molecule has 42 heavy (non-hydrogen) atoms. The molecule has 0 radical (unpaired) electrons. The highest BCUT2D eigenvalue weighted by Gasteiger charge is 2.42. The van der Waals surface area contributed by atoms with Crippen molar-refractivity contribution in [3.05, 3.63) is 64.5 Å². The number of pyridine rings is 1. The number of methoxy groups -OCH3 is 1. The summed E-state index contributed by atoms with van der Waals surface area (Å²) < 4.78 is 54.3. The van der Waals surface area contributed by atoms with Crippen molar-refractivity contribution >= 4 is 23.7 Å². The van der Waals surface area contributed by atoms with Gasteiger partial charge in [-0.1, -0.05) is 6.07 Å². The van der Waals surface area contributed by atoms with Crippen LogP contribution in [-0.4, -0.2) is 64.2 Å². The van der Waals surface area contributed by atoms with Gasteiger partial charge in [-0.15, -0.1) is 0 Å². The van der Waals surface area contributed by atoms with Crippen molar-refractivity contribution in [1.82, 2.24) is 14.8 Å². The fraction of sp³-hybridized carbons (Fsp3) is 0.393. The Hall–Kier alpha value is -4.62. The highest BCUT2D eigenvalue weighted by molar-refractivity contribution is 5.98. The predicted molar refractivity (Wildman–Crippen MR) is 142 cm³/mol. The Bertz CT molecular complexity index is 1470. The molecule has 0 fully saturated rings. The minimum absolute atomic E-state index is 0.0674. The number of benzene rings is 1. The molecule has 0 saturated carbocycles. The highest BCUT2D eigenvalue weighted by atomic mass is 19.4. The van der Waals surface area contributed by atoms with Gasteiger partial charge in [-0.25, -0.2) is 19.3 Å². The molecular formula is C28H29F3N4O7. The second kappa shape index (κ2) is 12.9. The topological polar surface area (TPSA) is 142 Å². The number of nitrogens with zero attached hydrogens (tertiary/aromatic N) is 3. The van der Waals surface area contributed by atoms with Crippen LogP contribution < -0.4 is 14.8 Å². The monoisotopic (exact) mass is 590 g/mol. The lowest BCUT2D eigenvalue weighted by molar-refractivity contribution is -0.193. The Kier molecular flexibility index (Phi) is 9.33. The number of hydrogen-bond donors (Lipinski definition) is 2. The molecule has 0 aliphatic carbocycles. The summed E-state index contributed by atoms with van der Waals surface area (Å²) in [5, 5.41) is 17.3. The van der Waals surface area contributed by atoms with Gasteiger partial charge >= 0.3 is 24.1 Å². The first-order valence-electron chi connectivity index (χ1n) is 13.1. The van der Waals surface area contributed by atoms with Crippen LogP contribution in [0.2, 0.25) is 0 Å². The normalized spacial score (nSPS) is 13.5. The predicted octanol–water partition coefficient (Wildman–Crippen LogP) is 3.85. The third kappa shape index (κ3) is 7.56. The smallest absolute Gasteiger partial charge is 0.491 e. The summed E-state index contributed by atoms with van der Waals surface area (Å²) in [6, 6.07) is 9.24. The minimum atomic E-state index is -5.36. The van der Waals surface area contributed by atoms with Crippen LogP contribution in [0.4, 0.5) is 19.0 Å². The van der Waals surface area contributed by atoms with E-state index in [1.54, 1.807) is 13.1 Å². The van der Waals surface area contributed by atoms with E-state index in [1.165, 1.54) is 23.4 Å². The molecule has 224 valence electrons. The number of anilines is 1. The molecule has 11 nitrogen and oxygen atoms in total. The molecule has 3 heterocycles. The van der Waals surface area contributed by atoms with Crippen LogP contribution in [0.1, 0.15) is 51.6 Å². The molecule has 14 heteroatoms. The molecule has 1 aliphatic rings. The molecule has 2 N–H and O–H groups in total. The van der Waals surface area contributed by atoms with E-state index in [0.29, 0.717) is 24.6 Å². The molecule has 4 rings (SSSR count). The van der Waals surface area contributed by atoms with Crippen LogP contribution in [0.3, 0.4) is 0 Å². The molecule has 1 unspecified atom stereocenters. The Morgan fingerprint density at radius 1 is 1.14 bits per heavy atom. The highest BCUT2D eigenvalue weighted by Crippen LogP contribution is 2.34. The van der Waals surface area contributed by atoms with Crippen molar-refractivity contribution in [2.75, 3.05) is 25.6 Å². The van der Waals surface area contributed by atoms with E-state index in [1.807, 2.05) is 6.07 Å². The summed E-state index contributed by atoms with van der Waals surface area (Å²) in [5.74, 6) is -4.64. The maximum atomic E-state index is 12.6. The second-order valence-corrected chi connectivity index (χ2v) is 9.67. The zero-order valence-corrected chi connectivity index (χ0v) is 22.9. The number of carbonyl (C=O) groups is 3. The number of carbonyl (C=O) groups excluding carboxylic acids is 2. The molecule has 1 atom stereocenters. The number of hydrogen-bond acceptors (Lipinski definition) is 9. The third-order valence-electron chi connectivity index (χ3n) is 6.65. The molecule has 0 bridgehead atoms. The van der Waals surface area contributed by atoms with Crippen molar-refractivity contribution < 1.29 is 46.9 Å². The van der Waals surface area contributed by atoms with Crippen molar-refractivity contribution in [3.8, 4) is 11.6 Å². The van der Waals surface area contributed by atoms with E-state index in [-0.39, 0.29) is 23.3 Å². The van der Waals surface area contributed by atoms with Crippen molar-refractivity contribution in [2.24, 2.45) is 7.05 Å². The Morgan fingerprint density at radius 2 is 1.93 bits per heavy atom. The van der Waals surface area contributed by atoms with Crippen molar-refractivity contribution in [2.45, 2.75) is 44.2 Å². The van der Waals surface area contributed by atoms with E-state index in [2.05, 4.69) is 26.2 Å². The number of halogens is 3. The lowest BCUT2D eigenvalue weighted by Crippen LogP contribution is -2.28. The van der Waals surface area contributed by atoms with E-state index < -0.39 is 36.4 Å². The quantitative estimate of drug-likeness (QED) is 0.250. The third-order valence-corrected chi connectivity index (χ3v) is 6.65. The molecule has 1 aliphatic heterocycles. The summed E-state index contributed by atoms with van der Waals surface area (Å²) in [4.78, 5) is 39.7. The van der Waals surface area contributed by atoms with Gasteiger partial charge in [-0.2, -0.15) is 18.3 Å². The summed E-state index contributed by atoms with van der Waals surface area (Å²) >= 11 is 0. The molecule has 3 aromatic rings. The zero-order chi connectivity index (χ0) is 30.4. The van der Waals surface area contributed by atoms with Crippen molar-refractivity contribution in [1.29, 1.82) is 0 Å². The molecular weight excluding hydrogens is 561 g/mol. The zero-order valence-electron chi connectivity index (χ0n) is 22.9. The lowest BCUT2D eigenvalue weighted by Gasteiger charge is -2.18. The number of carboxylic acid groups (broad SMARTS) is 1. The van der Waals surface area contributed by atoms with Crippen LogP contribution in [0, 0.1) is 0 Å². The molecule has 0 spiro atoms. The number of esters is 2. The number of aromatic nitrogens is 3. The summed E-state index contributed by atoms with van der Waals surface area (Å²) in [7, 11) is 2.99. The Balaban J connectivity index is 1.48. The lowest BCUT2D eigenvalue weighted by atomic mass is 9.89. The maximum absolute atomic E-state index is 12.6. The fourth-order valence-electron chi connectivity index (χ4n) is 4.65. The fourth-order valence-corrected chi connectivity index (χ4v) is 4.65. The first-order chi connectivity index (χ1) is 19.9. The first-order valence-corrected chi connectivity index (χ1v) is 13.1. The minimum Gasteiger partial charge on any atom is -0.496 e. The number of fused-ring (bicyclic) bond motifs is 1. The summed E-state index contributed by atoms with van der Waals surface area (Å²) in [6.07, 6.45) is -3.09. The van der Waals surface area contributed by atoms with Gasteiger partial charge in [0.25, 0.3) is 0 Å². The van der Waals surface area contributed by atoms with E-state index in [4.69, 9.17) is 9.47 Å². The maximum Gasteiger partial charge on any atom is 0.491 e. The van der Waals surface area contributed by atoms with Gasteiger partial charge in [-0.3, -0.25) is 4.79 Å². The van der Waals surface area contributed by atoms with E-state index >= 15 is 0 Å². The Labute approximate surface area is 238 Å². The number of ether oxygens (including phenoxy) is 3. The van der Waals surface area contributed by atoms with Gasteiger partial charge in [0, 0.05) is 37.7 Å². The average Bonchev–Trinajstić information content (AvgIpc) is 3.29. The van der Waals surface area contributed by atoms with Crippen molar-refractivity contribution in [3.63, 3.8) is 0 Å². The van der Waals surface area contributed by atoms with Gasteiger partial charge in [0.15, 0.2) is 0 Å². The molecule has 0 saturated heterocycles. The summed E-state index contributed by atoms with van der Waals surface area (Å²) in [6.45, 7) is 1.20. The SMILES string of the molecule is COc1ccc(C(=O)OC(=O)C(F)(F)F)cc1C(CC(=O)O)Cc1cc(OCCc2ccc3c(n2)NCCC3)n(C)n1. The van der Waals surface area contributed by atoms with Crippen LogP contribution in [-0.2, 0) is 40.6 Å². The van der Waals surface area contributed by atoms with E-state index in [9.17, 15) is 32.7 Å². The largest absolute Gasteiger partial charge is 0.496 e. The number of rotatable bonds is 11. The van der Waals surface area contributed by atoms with Crippen LogP contribution in [0.5, 0.6) is 11.6 Å². The number of nitrogens with one attached hydrogen (secondary N) is 1. The molecule has 0 amide bonds. The van der Waals surface area contributed by atoms with Gasteiger partial charge in [0.1, 0.15) is 11.6 Å². The number of aliphatic carboxylic acids is 1. The van der Waals surface area contributed by atoms with Crippen LogP contribution >= 0.6 is 0 Å². The molecule has 2 aromatic heterocycles. The first kappa shape index (κ1) is 30.3. The number of alkyl halides is 3. The summed E-state index contributed by atoms with van der Waals surface area (Å²) in [5.41, 5.74) is 2.36. The van der Waals surface area contributed by atoms with Gasteiger partial charge in [0.05, 0.1) is 31.4 Å².